The third-order valence-electron chi connectivity index (χ3n) is 2.11. The summed E-state index contributed by atoms with van der Waals surface area (Å²) in [6.45, 7) is 1.81. The lowest BCUT2D eigenvalue weighted by atomic mass is 10.3. The van der Waals surface area contributed by atoms with E-state index in [0.29, 0.717) is 5.69 Å². The molecule has 0 atom stereocenters. The number of aryl methyl sites for hydroxylation is 1. The second-order valence-corrected chi connectivity index (χ2v) is 3.70. The summed E-state index contributed by atoms with van der Waals surface area (Å²) in [5.41, 5.74) is 1.59. The van der Waals surface area contributed by atoms with Crippen LogP contribution in [0.15, 0.2) is 30.7 Å². The summed E-state index contributed by atoms with van der Waals surface area (Å²) in [5, 5.41) is 2.95. The van der Waals surface area contributed by atoms with E-state index in [0.717, 1.165) is 5.69 Å². The van der Waals surface area contributed by atoms with E-state index < -0.39 is 0 Å². The maximum Gasteiger partial charge on any atom is 0.275 e. The molecule has 0 aliphatic heterocycles. The predicted octanol–water partition coefficient (Wildman–Crippen LogP) is 2.09. The Morgan fingerprint density at radius 3 is 2.76 bits per heavy atom. The molecule has 86 valence electrons. The van der Waals surface area contributed by atoms with Gasteiger partial charge in [0.1, 0.15) is 10.8 Å². The minimum Gasteiger partial charge on any atom is -0.319 e. The van der Waals surface area contributed by atoms with E-state index in [4.69, 9.17) is 11.6 Å². The summed E-state index contributed by atoms with van der Waals surface area (Å²) in [6.07, 6.45) is 4.31. The highest BCUT2D eigenvalue weighted by Crippen LogP contribution is 2.11. The second-order valence-electron chi connectivity index (χ2n) is 3.31. The van der Waals surface area contributed by atoms with Crippen molar-refractivity contribution in [3.05, 3.63) is 47.3 Å². The molecule has 0 radical (unpaired) electrons. The molecule has 1 amide bonds. The molecule has 0 spiro atoms. The van der Waals surface area contributed by atoms with Gasteiger partial charge in [0.25, 0.3) is 5.91 Å². The van der Waals surface area contributed by atoms with E-state index in [1.165, 1.54) is 12.4 Å². The number of anilines is 1. The molecular formula is C11H9ClN4O. The zero-order chi connectivity index (χ0) is 12.3. The van der Waals surface area contributed by atoms with Crippen molar-refractivity contribution in [2.75, 3.05) is 5.32 Å². The van der Waals surface area contributed by atoms with Crippen molar-refractivity contribution in [3.8, 4) is 0 Å². The van der Waals surface area contributed by atoms with Crippen LogP contribution in [0.4, 0.5) is 5.69 Å². The Morgan fingerprint density at radius 2 is 2.12 bits per heavy atom. The Labute approximate surface area is 103 Å². The van der Waals surface area contributed by atoms with Crippen LogP contribution in [-0.2, 0) is 0 Å². The van der Waals surface area contributed by atoms with Crippen LogP contribution in [0.1, 0.15) is 16.2 Å². The van der Waals surface area contributed by atoms with Crippen molar-refractivity contribution in [3.63, 3.8) is 0 Å². The first kappa shape index (κ1) is 11.5. The van der Waals surface area contributed by atoms with Gasteiger partial charge < -0.3 is 5.32 Å². The molecule has 0 unspecified atom stereocenters. The number of aromatic nitrogens is 3. The van der Waals surface area contributed by atoms with Crippen LogP contribution in [0.25, 0.3) is 0 Å². The Hall–Kier alpha value is -2.01. The van der Waals surface area contributed by atoms with Gasteiger partial charge in [-0.05, 0) is 19.1 Å². The monoisotopic (exact) mass is 248 g/mol. The lowest BCUT2D eigenvalue weighted by Gasteiger charge is -2.06. The minimum absolute atomic E-state index is 0.206. The molecule has 6 heteroatoms. The molecule has 2 aromatic heterocycles. The highest BCUT2D eigenvalue weighted by Gasteiger charge is 2.09. The van der Waals surface area contributed by atoms with Crippen LogP contribution in [0.5, 0.6) is 0 Å². The maximum atomic E-state index is 11.8. The fourth-order valence-corrected chi connectivity index (χ4v) is 1.33. The fraction of sp³-hybridized carbons (Fsp3) is 0.0909. The summed E-state index contributed by atoms with van der Waals surface area (Å²) in [4.78, 5) is 23.5. The van der Waals surface area contributed by atoms with Gasteiger partial charge in [-0.3, -0.25) is 9.78 Å². The van der Waals surface area contributed by atoms with Crippen LogP contribution >= 0.6 is 11.6 Å². The first-order chi connectivity index (χ1) is 8.16. The Bertz CT molecular complexity index is 541. The van der Waals surface area contributed by atoms with Crippen LogP contribution in [0.2, 0.25) is 5.15 Å². The maximum absolute atomic E-state index is 11.8. The molecule has 2 heterocycles. The van der Waals surface area contributed by atoms with Gasteiger partial charge >= 0.3 is 0 Å². The van der Waals surface area contributed by atoms with Crippen molar-refractivity contribution < 1.29 is 4.79 Å². The Kier molecular flexibility index (Phi) is 3.30. The second kappa shape index (κ2) is 4.88. The average Bonchev–Trinajstić information content (AvgIpc) is 2.33. The van der Waals surface area contributed by atoms with Gasteiger partial charge in [-0.2, -0.15) is 0 Å². The van der Waals surface area contributed by atoms with Gasteiger partial charge in [-0.25, -0.2) is 9.97 Å². The molecule has 0 saturated carbocycles. The molecule has 0 bridgehead atoms. The molecule has 1 N–H and O–H groups in total. The van der Waals surface area contributed by atoms with E-state index in [-0.39, 0.29) is 16.8 Å². The van der Waals surface area contributed by atoms with E-state index in [9.17, 15) is 4.79 Å². The number of nitrogens with one attached hydrogen (secondary N) is 1. The van der Waals surface area contributed by atoms with Gasteiger partial charge in [0.15, 0.2) is 0 Å². The lowest BCUT2D eigenvalue weighted by molar-refractivity contribution is 0.102. The van der Waals surface area contributed by atoms with Crippen molar-refractivity contribution in [2.24, 2.45) is 0 Å². The fourth-order valence-electron chi connectivity index (χ4n) is 1.23. The smallest absolute Gasteiger partial charge is 0.275 e. The highest BCUT2D eigenvalue weighted by molar-refractivity contribution is 6.29. The topological polar surface area (TPSA) is 67.8 Å². The summed E-state index contributed by atoms with van der Waals surface area (Å²) in [7, 11) is 0. The first-order valence-electron chi connectivity index (χ1n) is 4.87. The molecule has 0 aliphatic carbocycles. The van der Waals surface area contributed by atoms with Crippen molar-refractivity contribution in [2.45, 2.75) is 6.92 Å². The molecule has 2 aromatic rings. The lowest BCUT2D eigenvalue weighted by Crippen LogP contribution is -2.14. The van der Waals surface area contributed by atoms with Crippen LogP contribution < -0.4 is 5.32 Å². The number of rotatable bonds is 2. The van der Waals surface area contributed by atoms with Gasteiger partial charge in [-0.1, -0.05) is 11.6 Å². The van der Waals surface area contributed by atoms with Crippen LogP contribution in [0, 0.1) is 6.92 Å². The van der Waals surface area contributed by atoms with Crippen LogP contribution in [-0.4, -0.2) is 20.9 Å². The number of carbonyl (C=O) groups is 1. The average molecular weight is 249 g/mol. The van der Waals surface area contributed by atoms with Gasteiger partial charge in [0.2, 0.25) is 0 Å². The van der Waals surface area contributed by atoms with Crippen molar-refractivity contribution in [1.29, 1.82) is 0 Å². The standard InChI is InChI=1S/C11H9ClN4O/c1-7-8(3-2-4-13-7)16-11(17)9-5-15-10(12)6-14-9/h2-6H,1H3,(H,16,17). The third-order valence-corrected chi connectivity index (χ3v) is 2.30. The quantitative estimate of drug-likeness (QED) is 0.884. The Morgan fingerprint density at radius 1 is 1.29 bits per heavy atom. The number of pyridine rings is 1. The minimum atomic E-state index is -0.342. The number of halogens is 1. The van der Waals surface area contributed by atoms with Crippen LogP contribution in [0.3, 0.4) is 0 Å². The molecular weight excluding hydrogens is 240 g/mol. The predicted molar refractivity (Wildman–Crippen MR) is 64.0 cm³/mol. The van der Waals surface area contributed by atoms with E-state index >= 15 is 0 Å². The normalized spacial score (nSPS) is 10.0. The molecule has 2 rings (SSSR count). The molecule has 17 heavy (non-hydrogen) atoms. The summed E-state index contributed by atoms with van der Waals surface area (Å²) >= 11 is 5.59. The molecule has 0 fully saturated rings. The first-order valence-corrected chi connectivity index (χ1v) is 5.25. The summed E-state index contributed by atoms with van der Waals surface area (Å²) < 4.78 is 0. The number of nitrogens with zero attached hydrogens (tertiary/aromatic N) is 3. The van der Waals surface area contributed by atoms with Gasteiger partial charge in [-0.15, -0.1) is 0 Å². The molecule has 0 saturated heterocycles. The van der Waals surface area contributed by atoms with E-state index in [1.54, 1.807) is 18.3 Å². The van der Waals surface area contributed by atoms with Crippen molar-refractivity contribution >= 4 is 23.2 Å². The summed E-state index contributed by atoms with van der Waals surface area (Å²) in [6, 6.07) is 3.51. The SMILES string of the molecule is Cc1ncccc1NC(=O)c1cnc(Cl)cn1. The number of amides is 1. The third kappa shape index (κ3) is 2.76. The zero-order valence-corrected chi connectivity index (χ0v) is 9.77. The van der Waals surface area contributed by atoms with E-state index in [2.05, 4.69) is 20.3 Å². The summed E-state index contributed by atoms with van der Waals surface area (Å²) in [5.74, 6) is -0.342. The van der Waals surface area contributed by atoms with Crippen molar-refractivity contribution in [1.82, 2.24) is 15.0 Å². The van der Waals surface area contributed by atoms with E-state index in [1.807, 2.05) is 6.92 Å². The highest BCUT2D eigenvalue weighted by atomic mass is 35.5. The largest absolute Gasteiger partial charge is 0.319 e. The molecule has 5 nitrogen and oxygen atoms in total. The Balaban J connectivity index is 2.17. The molecule has 0 aliphatic rings. The number of hydrogen-bond donors (Lipinski definition) is 1. The number of carbonyl (C=O) groups excluding carboxylic acids is 1. The van der Waals surface area contributed by atoms with Gasteiger partial charge in [0, 0.05) is 6.20 Å². The molecule has 0 aromatic carbocycles. The zero-order valence-electron chi connectivity index (χ0n) is 9.01. The number of hydrogen-bond acceptors (Lipinski definition) is 4. The van der Waals surface area contributed by atoms with Gasteiger partial charge in [0.05, 0.1) is 23.8 Å².